The van der Waals surface area contributed by atoms with E-state index in [1.165, 1.54) is 0 Å². The maximum absolute atomic E-state index is 12.1. The molecule has 1 N–H and O–H groups in total. The van der Waals surface area contributed by atoms with E-state index >= 15 is 0 Å². The summed E-state index contributed by atoms with van der Waals surface area (Å²) in [6, 6.07) is 3.73. The topological polar surface area (TPSA) is 53.7 Å². The lowest BCUT2D eigenvalue weighted by Gasteiger charge is -2.35. The highest BCUT2D eigenvalue weighted by Gasteiger charge is 2.28. The highest BCUT2D eigenvalue weighted by atomic mass is 16.3. The third-order valence-corrected chi connectivity index (χ3v) is 3.74. The summed E-state index contributed by atoms with van der Waals surface area (Å²) in [5.41, 5.74) is 0. The van der Waals surface area contributed by atoms with E-state index < -0.39 is 0 Å². The van der Waals surface area contributed by atoms with Gasteiger partial charge in [-0.1, -0.05) is 6.92 Å². The first-order valence-corrected chi connectivity index (χ1v) is 6.69. The van der Waals surface area contributed by atoms with Crippen LogP contribution in [0.15, 0.2) is 22.8 Å². The van der Waals surface area contributed by atoms with Crippen molar-refractivity contribution in [2.75, 3.05) is 13.1 Å². The second-order valence-electron chi connectivity index (χ2n) is 4.94. The molecule has 4 heteroatoms. The smallest absolute Gasteiger partial charge is 0.223 e. The monoisotopic (exact) mass is 251 g/mol. The first-order valence-electron chi connectivity index (χ1n) is 6.69. The summed E-state index contributed by atoms with van der Waals surface area (Å²) < 4.78 is 5.22. The van der Waals surface area contributed by atoms with Crippen molar-refractivity contribution in [1.29, 1.82) is 0 Å². The van der Waals surface area contributed by atoms with Crippen molar-refractivity contribution in [3.8, 4) is 0 Å². The van der Waals surface area contributed by atoms with Crippen LogP contribution in [-0.4, -0.2) is 35.1 Å². The van der Waals surface area contributed by atoms with Crippen LogP contribution in [0.1, 0.15) is 31.9 Å². The van der Waals surface area contributed by atoms with Crippen LogP contribution in [0.25, 0.3) is 0 Å². The number of hydrogen-bond acceptors (Lipinski definition) is 3. The lowest BCUT2D eigenvalue weighted by Crippen LogP contribution is -2.45. The summed E-state index contributed by atoms with van der Waals surface area (Å²) >= 11 is 0. The summed E-state index contributed by atoms with van der Waals surface area (Å²) in [5.74, 6) is 1.25. The van der Waals surface area contributed by atoms with Gasteiger partial charge in [-0.3, -0.25) is 4.79 Å². The molecule has 2 atom stereocenters. The lowest BCUT2D eigenvalue weighted by molar-refractivity contribution is -0.135. The number of aliphatic hydroxyl groups is 1. The number of piperidine rings is 1. The molecule has 2 heterocycles. The summed E-state index contributed by atoms with van der Waals surface area (Å²) in [7, 11) is 0. The van der Waals surface area contributed by atoms with Gasteiger partial charge >= 0.3 is 0 Å². The average molecular weight is 251 g/mol. The Balaban J connectivity index is 1.82. The molecule has 1 aromatic heterocycles. The van der Waals surface area contributed by atoms with Crippen LogP contribution in [0, 0.1) is 5.92 Å². The fourth-order valence-electron chi connectivity index (χ4n) is 2.49. The van der Waals surface area contributed by atoms with Gasteiger partial charge in [0.05, 0.1) is 12.4 Å². The first-order chi connectivity index (χ1) is 8.70. The standard InChI is InChI=1S/C14H21NO3/c1-2-11-10-15(8-7-13(11)16)14(17)6-5-12-4-3-9-18-12/h3-4,9,11,13,16H,2,5-8,10H2,1H3. The van der Waals surface area contributed by atoms with E-state index in [1.807, 2.05) is 17.0 Å². The van der Waals surface area contributed by atoms with Crippen molar-refractivity contribution in [3.05, 3.63) is 24.2 Å². The third-order valence-electron chi connectivity index (χ3n) is 3.74. The summed E-state index contributed by atoms with van der Waals surface area (Å²) in [5, 5.41) is 9.80. The predicted octanol–water partition coefficient (Wildman–Crippen LogP) is 1.83. The Bertz CT molecular complexity index is 374. The van der Waals surface area contributed by atoms with Gasteiger partial charge in [0.1, 0.15) is 5.76 Å². The molecule has 0 radical (unpaired) electrons. The van der Waals surface area contributed by atoms with E-state index in [0.29, 0.717) is 32.4 Å². The Morgan fingerprint density at radius 3 is 3.11 bits per heavy atom. The number of carbonyl (C=O) groups excluding carboxylic acids is 1. The van der Waals surface area contributed by atoms with Crippen molar-refractivity contribution in [3.63, 3.8) is 0 Å². The van der Waals surface area contributed by atoms with Crippen molar-refractivity contribution < 1.29 is 14.3 Å². The molecule has 1 aliphatic rings. The Morgan fingerprint density at radius 2 is 2.44 bits per heavy atom. The van der Waals surface area contributed by atoms with Gasteiger partial charge < -0.3 is 14.4 Å². The maximum Gasteiger partial charge on any atom is 0.223 e. The number of carbonyl (C=O) groups is 1. The van der Waals surface area contributed by atoms with Gasteiger partial charge in [0.2, 0.25) is 5.91 Å². The molecule has 0 spiro atoms. The average Bonchev–Trinajstić information content (AvgIpc) is 2.89. The zero-order valence-electron chi connectivity index (χ0n) is 10.8. The second-order valence-corrected chi connectivity index (χ2v) is 4.94. The molecule has 0 aliphatic carbocycles. The van der Waals surface area contributed by atoms with Gasteiger partial charge in [-0.2, -0.15) is 0 Å². The van der Waals surface area contributed by atoms with E-state index in [1.54, 1.807) is 6.26 Å². The molecular weight excluding hydrogens is 230 g/mol. The van der Waals surface area contributed by atoms with Crippen molar-refractivity contribution in [2.24, 2.45) is 5.92 Å². The van der Waals surface area contributed by atoms with Crippen molar-refractivity contribution in [2.45, 2.75) is 38.7 Å². The molecule has 2 unspecified atom stereocenters. The minimum Gasteiger partial charge on any atom is -0.469 e. The zero-order chi connectivity index (χ0) is 13.0. The quantitative estimate of drug-likeness (QED) is 0.888. The minimum absolute atomic E-state index is 0.164. The normalized spacial score (nSPS) is 24.2. The van der Waals surface area contributed by atoms with E-state index in [2.05, 4.69) is 6.92 Å². The zero-order valence-corrected chi connectivity index (χ0v) is 10.8. The van der Waals surface area contributed by atoms with Gasteiger partial charge in [-0.25, -0.2) is 0 Å². The number of rotatable bonds is 4. The number of aryl methyl sites for hydroxylation is 1. The van der Waals surface area contributed by atoms with E-state index in [0.717, 1.165) is 12.2 Å². The van der Waals surface area contributed by atoms with Gasteiger partial charge in [-0.15, -0.1) is 0 Å². The van der Waals surface area contributed by atoms with Gasteiger partial charge in [-0.05, 0) is 25.0 Å². The molecule has 1 aliphatic heterocycles. The number of furan rings is 1. The molecular formula is C14H21NO3. The third kappa shape index (κ3) is 3.13. The van der Waals surface area contributed by atoms with Crippen LogP contribution >= 0.6 is 0 Å². The summed E-state index contributed by atoms with van der Waals surface area (Å²) in [6.07, 6.45) is 4.14. The molecule has 18 heavy (non-hydrogen) atoms. The van der Waals surface area contributed by atoms with Gasteiger partial charge in [0.25, 0.3) is 0 Å². The number of hydrogen-bond donors (Lipinski definition) is 1. The lowest BCUT2D eigenvalue weighted by atomic mass is 9.92. The molecule has 4 nitrogen and oxygen atoms in total. The highest BCUT2D eigenvalue weighted by Crippen LogP contribution is 2.20. The van der Waals surface area contributed by atoms with Crippen molar-refractivity contribution in [1.82, 2.24) is 4.90 Å². The fourth-order valence-corrected chi connectivity index (χ4v) is 2.49. The highest BCUT2D eigenvalue weighted by molar-refractivity contribution is 5.76. The van der Waals surface area contributed by atoms with E-state index in [4.69, 9.17) is 4.42 Å². The van der Waals surface area contributed by atoms with Crippen LogP contribution in [0.3, 0.4) is 0 Å². The Hall–Kier alpha value is -1.29. The van der Waals surface area contributed by atoms with Crippen LogP contribution in [0.2, 0.25) is 0 Å². The first kappa shape index (κ1) is 13.1. The molecule has 0 aromatic carbocycles. The SMILES string of the molecule is CCC1CN(C(=O)CCc2ccco2)CCC1O. The molecule has 1 fully saturated rings. The number of aliphatic hydroxyl groups excluding tert-OH is 1. The Morgan fingerprint density at radius 1 is 1.61 bits per heavy atom. The molecule has 0 bridgehead atoms. The number of nitrogens with zero attached hydrogens (tertiary/aromatic N) is 1. The predicted molar refractivity (Wildman–Crippen MR) is 68.0 cm³/mol. The second kappa shape index (κ2) is 6.05. The van der Waals surface area contributed by atoms with Crippen molar-refractivity contribution >= 4 is 5.91 Å². The van der Waals surface area contributed by atoms with E-state index in [-0.39, 0.29) is 17.9 Å². The van der Waals surface area contributed by atoms with Gasteiger partial charge in [0.15, 0.2) is 0 Å². The van der Waals surface area contributed by atoms with Crippen LogP contribution in [0.5, 0.6) is 0 Å². The van der Waals surface area contributed by atoms with Crippen LogP contribution in [0.4, 0.5) is 0 Å². The molecule has 2 rings (SSSR count). The fraction of sp³-hybridized carbons (Fsp3) is 0.643. The number of amides is 1. The van der Waals surface area contributed by atoms with E-state index in [9.17, 15) is 9.90 Å². The Kier molecular flexibility index (Phi) is 4.42. The van der Waals surface area contributed by atoms with Gasteiger partial charge in [0, 0.05) is 31.8 Å². The van der Waals surface area contributed by atoms with Crippen LogP contribution in [-0.2, 0) is 11.2 Å². The van der Waals surface area contributed by atoms with Crippen LogP contribution < -0.4 is 0 Å². The molecule has 1 saturated heterocycles. The molecule has 1 aromatic rings. The largest absolute Gasteiger partial charge is 0.469 e. The molecule has 1 amide bonds. The number of likely N-dealkylation sites (tertiary alicyclic amines) is 1. The summed E-state index contributed by atoms with van der Waals surface area (Å²) in [6.45, 7) is 3.42. The molecule has 100 valence electrons. The summed E-state index contributed by atoms with van der Waals surface area (Å²) in [4.78, 5) is 13.9. The minimum atomic E-state index is -0.246. The molecule has 0 saturated carbocycles. The maximum atomic E-state index is 12.1. The Labute approximate surface area is 108 Å².